The summed E-state index contributed by atoms with van der Waals surface area (Å²) in [6.07, 6.45) is 2.27. The molecule has 0 aliphatic heterocycles. The van der Waals surface area contributed by atoms with Crippen LogP contribution in [0.1, 0.15) is 34.4 Å². The van der Waals surface area contributed by atoms with Gasteiger partial charge < -0.3 is 5.32 Å². The van der Waals surface area contributed by atoms with Gasteiger partial charge in [-0.3, -0.25) is 9.78 Å². The summed E-state index contributed by atoms with van der Waals surface area (Å²) >= 11 is 6.06. The fourth-order valence-electron chi connectivity index (χ4n) is 2.70. The van der Waals surface area contributed by atoms with Crippen molar-refractivity contribution >= 4 is 17.5 Å². The molecular weight excluding hydrogens is 336 g/mol. The van der Waals surface area contributed by atoms with Gasteiger partial charge in [0.1, 0.15) is 0 Å². The lowest BCUT2D eigenvalue weighted by atomic mass is 10.2. The molecule has 25 heavy (non-hydrogen) atoms. The van der Waals surface area contributed by atoms with Gasteiger partial charge in [-0.2, -0.15) is 5.10 Å². The molecule has 0 saturated carbocycles. The lowest BCUT2D eigenvalue weighted by Crippen LogP contribution is -2.24. The van der Waals surface area contributed by atoms with E-state index in [1.165, 1.54) is 0 Å². The first kappa shape index (κ1) is 17.2. The van der Waals surface area contributed by atoms with E-state index in [2.05, 4.69) is 15.4 Å². The highest BCUT2D eigenvalue weighted by Gasteiger charge is 2.17. The number of pyridine rings is 1. The molecule has 0 spiro atoms. The van der Waals surface area contributed by atoms with E-state index in [4.69, 9.17) is 11.6 Å². The van der Waals surface area contributed by atoms with Crippen molar-refractivity contribution in [2.75, 3.05) is 0 Å². The van der Waals surface area contributed by atoms with Crippen molar-refractivity contribution in [3.8, 4) is 5.69 Å². The zero-order valence-electron chi connectivity index (χ0n) is 14.2. The molecule has 0 fully saturated rings. The van der Waals surface area contributed by atoms with Crippen molar-refractivity contribution in [2.45, 2.75) is 26.8 Å². The van der Waals surface area contributed by atoms with E-state index in [0.717, 1.165) is 22.8 Å². The van der Waals surface area contributed by atoms with Crippen molar-refractivity contribution in [3.05, 3.63) is 76.3 Å². The van der Waals surface area contributed by atoms with E-state index >= 15 is 0 Å². The van der Waals surface area contributed by atoms with Crippen molar-refractivity contribution in [1.29, 1.82) is 0 Å². The molecule has 0 radical (unpaired) electrons. The highest BCUT2D eigenvalue weighted by atomic mass is 35.5. The molecule has 0 saturated heterocycles. The topological polar surface area (TPSA) is 59.8 Å². The number of nitrogens with one attached hydrogen (secondary N) is 1. The number of hydrogen-bond acceptors (Lipinski definition) is 3. The van der Waals surface area contributed by atoms with Crippen molar-refractivity contribution < 1.29 is 4.79 Å². The summed E-state index contributed by atoms with van der Waals surface area (Å²) in [6, 6.07) is 13.2. The maximum absolute atomic E-state index is 12.6. The normalized spacial score (nSPS) is 10.7. The number of carbonyl (C=O) groups is 1. The Morgan fingerprint density at radius 2 is 2.04 bits per heavy atom. The molecular formula is C19H19ClN4O. The quantitative estimate of drug-likeness (QED) is 0.759. The van der Waals surface area contributed by atoms with E-state index in [1.54, 1.807) is 10.9 Å². The van der Waals surface area contributed by atoms with Crippen LogP contribution < -0.4 is 5.32 Å². The van der Waals surface area contributed by atoms with Crippen LogP contribution in [0.25, 0.3) is 5.69 Å². The first-order valence-corrected chi connectivity index (χ1v) is 8.50. The summed E-state index contributed by atoms with van der Waals surface area (Å²) in [5.74, 6) is -0.159. The SMILES string of the molecule is CCc1c(C(=O)NCc2cccc(C)n2)cnn1-c1cccc(Cl)c1. The van der Waals surface area contributed by atoms with E-state index in [9.17, 15) is 4.79 Å². The molecule has 2 heterocycles. The number of rotatable bonds is 5. The molecule has 1 N–H and O–H groups in total. The van der Waals surface area contributed by atoms with E-state index < -0.39 is 0 Å². The van der Waals surface area contributed by atoms with Crippen LogP contribution in [-0.4, -0.2) is 20.7 Å². The average Bonchev–Trinajstić information content (AvgIpc) is 3.04. The van der Waals surface area contributed by atoms with E-state index in [1.807, 2.05) is 56.3 Å². The van der Waals surface area contributed by atoms with Crippen LogP contribution in [-0.2, 0) is 13.0 Å². The molecule has 6 heteroatoms. The number of halogens is 1. The first-order chi connectivity index (χ1) is 12.1. The van der Waals surface area contributed by atoms with Crippen molar-refractivity contribution in [2.24, 2.45) is 0 Å². The lowest BCUT2D eigenvalue weighted by Gasteiger charge is -2.09. The molecule has 1 aromatic carbocycles. The molecule has 5 nitrogen and oxygen atoms in total. The second-order valence-corrected chi connectivity index (χ2v) is 6.14. The molecule has 128 valence electrons. The fourth-order valence-corrected chi connectivity index (χ4v) is 2.88. The van der Waals surface area contributed by atoms with E-state index in [0.29, 0.717) is 23.6 Å². The summed E-state index contributed by atoms with van der Waals surface area (Å²) in [5.41, 5.74) is 4.00. The van der Waals surface area contributed by atoms with Gasteiger partial charge in [0.05, 0.1) is 35.4 Å². The molecule has 1 amide bonds. The number of hydrogen-bond donors (Lipinski definition) is 1. The van der Waals surface area contributed by atoms with Crippen molar-refractivity contribution in [1.82, 2.24) is 20.1 Å². The predicted octanol–water partition coefficient (Wildman–Crippen LogP) is 3.72. The van der Waals surface area contributed by atoms with Gasteiger partial charge >= 0.3 is 0 Å². The molecule has 2 aromatic heterocycles. The highest BCUT2D eigenvalue weighted by Crippen LogP contribution is 2.19. The molecule has 3 rings (SSSR count). The third kappa shape index (κ3) is 3.88. The maximum Gasteiger partial charge on any atom is 0.255 e. The molecule has 0 atom stereocenters. The largest absolute Gasteiger partial charge is 0.346 e. The maximum atomic E-state index is 12.6. The Bertz CT molecular complexity index is 904. The van der Waals surface area contributed by atoms with Gasteiger partial charge in [0.2, 0.25) is 0 Å². The van der Waals surface area contributed by atoms with Gasteiger partial charge in [0.15, 0.2) is 0 Å². The molecule has 0 unspecified atom stereocenters. The second-order valence-electron chi connectivity index (χ2n) is 5.70. The molecule has 0 aliphatic carbocycles. The summed E-state index contributed by atoms with van der Waals surface area (Å²) in [7, 11) is 0. The highest BCUT2D eigenvalue weighted by molar-refractivity contribution is 6.30. The van der Waals surface area contributed by atoms with Crippen LogP contribution in [0.2, 0.25) is 5.02 Å². The summed E-state index contributed by atoms with van der Waals surface area (Å²) < 4.78 is 1.76. The third-order valence-corrected chi connectivity index (χ3v) is 4.11. The number of amides is 1. The Morgan fingerprint density at radius 1 is 1.24 bits per heavy atom. The number of nitrogens with zero attached hydrogens (tertiary/aromatic N) is 3. The van der Waals surface area contributed by atoms with E-state index in [-0.39, 0.29) is 5.91 Å². The van der Waals surface area contributed by atoms with Gasteiger partial charge in [-0.1, -0.05) is 30.7 Å². The molecule has 3 aromatic rings. The predicted molar refractivity (Wildman–Crippen MR) is 98.1 cm³/mol. The van der Waals surface area contributed by atoms with Gasteiger partial charge in [-0.15, -0.1) is 0 Å². The third-order valence-electron chi connectivity index (χ3n) is 3.88. The van der Waals surface area contributed by atoms with Crippen LogP contribution in [0.4, 0.5) is 0 Å². The Morgan fingerprint density at radius 3 is 2.76 bits per heavy atom. The first-order valence-electron chi connectivity index (χ1n) is 8.12. The molecule has 0 bridgehead atoms. The minimum Gasteiger partial charge on any atom is -0.346 e. The van der Waals surface area contributed by atoms with Gasteiger partial charge in [-0.05, 0) is 43.7 Å². The summed E-state index contributed by atoms with van der Waals surface area (Å²) in [6.45, 7) is 4.30. The monoisotopic (exact) mass is 354 g/mol. The van der Waals surface area contributed by atoms with Crippen LogP contribution in [0, 0.1) is 6.92 Å². The van der Waals surface area contributed by atoms with Gasteiger partial charge in [0, 0.05) is 10.7 Å². The molecule has 0 aliphatic rings. The minimum absolute atomic E-state index is 0.159. The fraction of sp³-hybridized carbons (Fsp3) is 0.211. The average molecular weight is 355 g/mol. The lowest BCUT2D eigenvalue weighted by molar-refractivity contribution is 0.0949. The second kappa shape index (κ2) is 7.49. The summed E-state index contributed by atoms with van der Waals surface area (Å²) in [4.78, 5) is 17.0. The number of aryl methyl sites for hydroxylation is 1. The van der Waals surface area contributed by atoms with Crippen LogP contribution in [0.5, 0.6) is 0 Å². The van der Waals surface area contributed by atoms with Crippen LogP contribution in [0.15, 0.2) is 48.7 Å². The zero-order chi connectivity index (χ0) is 17.8. The summed E-state index contributed by atoms with van der Waals surface area (Å²) in [5, 5.41) is 7.91. The standard InChI is InChI=1S/C19H19ClN4O/c1-3-18-17(12-22-24(18)16-9-5-7-14(20)10-16)19(25)21-11-15-8-4-6-13(2)23-15/h4-10,12H,3,11H2,1-2H3,(H,21,25). The number of aromatic nitrogens is 3. The smallest absolute Gasteiger partial charge is 0.255 e. The zero-order valence-corrected chi connectivity index (χ0v) is 14.9. The number of benzene rings is 1. The minimum atomic E-state index is -0.159. The Hall–Kier alpha value is -2.66. The Balaban J connectivity index is 1.81. The van der Waals surface area contributed by atoms with Crippen molar-refractivity contribution in [3.63, 3.8) is 0 Å². The van der Waals surface area contributed by atoms with Gasteiger partial charge in [0.25, 0.3) is 5.91 Å². The van der Waals surface area contributed by atoms with Crippen LogP contribution >= 0.6 is 11.6 Å². The Kier molecular flexibility index (Phi) is 5.14. The Labute approximate surface area is 151 Å². The van der Waals surface area contributed by atoms with Crippen LogP contribution in [0.3, 0.4) is 0 Å². The van der Waals surface area contributed by atoms with Gasteiger partial charge in [-0.25, -0.2) is 4.68 Å². The number of carbonyl (C=O) groups excluding carboxylic acids is 1.